The minimum Gasteiger partial charge on any atom is -0.494 e. The molecule has 2 heterocycles. The number of aryl methyl sites for hydroxylation is 1. The van der Waals surface area contributed by atoms with Gasteiger partial charge in [-0.1, -0.05) is 29.8 Å². The maximum absolute atomic E-state index is 11.2. The van der Waals surface area contributed by atoms with E-state index in [1.165, 1.54) is 25.8 Å². The molecule has 1 unspecified atom stereocenters. The van der Waals surface area contributed by atoms with Crippen LogP contribution in [0.3, 0.4) is 0 Å². The van der Waals surface area contributed by atoms with Crippen LogP contribution in [0, 0.1) is 6.92 Å². The summed E-state index contributed by atoms with van der Waals surface area (Å²) in [4.78, 5) is 16.2. The van der Waals surface area contributed by atoms with Crippen LogP contribution in [-0.2, 0) is 11.3 Å². The zero-order valence-electron chi connectivity index (χ0n) is 15.7. The van der Waals surface area contributed by atoms with Gasteiger partial charge in [0, 0.05) is 0 Å². The third-order valence-corrected chi connectivity index (χ3v) is 4.10. The van der Waals surface area contributed by atoms with Crippen molar-refractivity contribution in [2.24, 2.45) is 0 Å². The lowest BCUT2D eigenvalue weighted by Gasteiger charge is -2.14. The summed E-state index contributed by atoms with van der Waals surface area (Å²) in [7, 11) is 1.52. The Hall–Kier alpha value is -3.31. The highest BCUT2D eigenvalue weighted by Crippen LogP contribution is 2.34. The van der Waals surface area contributed by atoms with Gasteiger partial charge in [0.05, 0.1) is 25.1 Å². The van der Waals surface area contributed by atoms with E-state index >= 15 is 0 Å². The second-order valence-corrected chi connectivity index (χ2v) is 6.42. The monoisotopic (exact) mass is 417 g/mol. The first-order valence-corrected chi connectivity index (χ1v) is 9.58. The Morgan fingerprint density at radius 3 is 2.38 bits per heavy atom. The second-order valence-electron chi connectivity index (χ2n) is 5.72. The van der Waals surface area contributed by atoms with Crippen LogP contribution >= 0.6 is 0 Å². The fraction of sp³-hybridized carbons (Fsp3) is 0.222. The zero-order valence-corrected chi connectivity index (χ0v) is 16.5. The summed E-state index contributed by atoms with van der Waals surface area (Å²) in [5.41, 5.74) is 2.27. The lowest BCUT2D eigenvalue weighted by atomic mass is 10.1. The topological polar surface area (TPSA) is 129 Å². The van der Waals surface area contributed by atoms with Gasteiger partial charge in [0.15, 0.2) is 11.6 Å². The minimum absolute atomic E-state index is 0.146. The van der Waals surface area contributed by atoms with Gasteiger partial charge in [-0.05, 0) is 12.5 Å². The van der Waals surface area contributed by atoms with Crippen molar-refractivity contribution in [2.45, 2.75) is 6.92 Å². The first-order valence-electron chi connectivity index (χ1n) is 8.48. The Balaban J connectivity index is 1.73. The molecule has 0 saturated heterocycles. The molecule has 1 aromatic carbocycles. The Kier molecular flexibility index (Phi) is 6.87. The highest BCUT2D eigenvalue weighted by Gasteiger charge is 2.16. The number of rotatable bonds is 9. The predicted molar refractivity (Wildman–Crippen MR) is 106 cm³/mol. The van der Waals surface area contributed by atoms with Crippen LogP contribution in [0.25, 0.3) is 11.1 Å². The molecule has 3 aromatic rings. The SMILES string of the molecule is COc1cnc(OCCOc2ncnc(NS(=O)O)c2-c2ccc(C)cc2)nc1. The molecule has 0 radical (unpaired) electrons. The molecule has 3 rings (SSSR count). The van der Waals surface area contributed by atoms with E-state index in [-0.39, 0.29) is 30.9 Å². The number of benzene rings is 1. The first-order chi connectivity index (χ1) is 14.1. The quantitative estimate of drug-likeness (QED) is 0.398. The summed E-state index contributed by atoms with van der Waals surface area (Å²) in [6.07, 6.45) is 4.24. The molecule has 2 aromatic heterocycles. The largest absolute Gasteiger partial charge is 0.494 e. The van der Waals surface area contributed by atoms with Crippen LogP contribution in [0.5, 0.6) is 17.6 Å². The number of nitrogens with zero attached hydrogens (tertiary/aromatic N) is 4. The minimum atomic E-state index is -2.30. The van der Waals surface area contributed by atoms with Gasteiger partial charge >= 0.3 is 6.01 Å². The van der Waals surface area contributed by atoms with Crippen molar-refractivity contribution in [1.82, 2.24) is 19.9 Å². The highest BCUT2D eigenvalue weighted by molar-refractivity contribution is 7.80. The van der Waals surface area contributed by atoms with E-state index in [1.807, 2.05) is 31.2 Å². The Bertz CT molecular complexity index is 969. The molecular formula is C18H19N5O5S. The van der Waals surface area contributed by atoms with Crippen molar-refractivity contribution in [1.29, 1.82) is 0 Å². The average molecular weight is 417 g/mol. The number of nitrogens with one attached hydrogen (secondary N) is 1. The molecule has 0 bridgehead atoms. The van der Waals surface area contributed by atoms with Crippen molar-refractivity contribution in [3.63, 3.8) is 0 Å². The van der Waals surface area contributed by atoms with E-state index in [0.717, 1.165) is 11.1 Å². The fourth-order valence-corrected chi connectivity index (χ4v) is 2.70. The third-order valence-electron chi connectivity index (χ3n) is 3.73. The highest BCUT2D eigenvalue weighted by atomic mass is 32.2. The molecule has 29 heavy (non-hydrogen) atoms. The fourth-order valence-electron chi connectivity index (χ4n) is 2.37. The van der Waals surface area contributed by atoms with Crippen LogP contribution in [0.4, 0.5) is 5.82 Å². The van der Waals surface area contributed by atoms with E-state index in [0.29, 0.717) is 11.3 Å². The molecule has 0 amide bonds. The van der Waals surface area contributed by atoms with Gasteiger partial charge in [-0.3, -0.25) is 9.27 Å². The van der Waals surface area contributed by atoms with E-state index in [2.05, 4.69) is 24.7 Å². The van der Waals surface area contributed by atoms with Crippen LogP contribution in [-0.4, -0.2) is 49.0 Å². The molecule has 0 aliphatic heterocycles. The number of ether oxygens (including phenoxy) is 3. The molecule has 152 valence electrons. The summed E-state index contributed by atoms with van der Waals surface area (Å²) in [5.74, 6) is 0.953. The Morgan fingerprint density at radius 2 is 1.72 bits per heavy atom. The summed E-state index contributed by atoms with van der Waals surface area (Å²) >= 11 is -2.30. The van der Waals surface area contributed by atoms with Crippen molar-refractivity contribution in [2.75, 3.05) is 25.0 Å². The van der Waals surface area contributed by atoms with Gasteiger partial charge in [-0.25, -0.2) is 14.2 Å². The summed E-state index contributed by atoms with van der Waals surface area (Å²) in [6.45, 7) is 2.27. The Morgan fingerprint density at radius 1 is 1.03 bits per heavy atom. The number of hydrogen-bond acceptors (Lipinski definition) is 8. The summed E-state index contributed by atoms with van der Waals surface area (Å²) in [6, 6.07) is 7.72. The maximum Gasteiger partial charge on any atom is 0.316 e. The Labute approximate surface area is 169 Å². The van der Waals surface area contributed by atoms with Gasteiger partial charge in [-0.2, -0.15) is 9.97 Å². The van der Waals surface area contributed by atoms with Crippen LogP contribution < -0.4 is 18.9 Å². The van der Waals surface area contributed by atoms with Gasteiger partial charge in [0.1, 0.15) is 19.5 Å². The third kappa shape index (κ3) is 5.59. The number of hydrogen-bond donors (Lipinski definition) is 2. The number of anilines is 1. The lowest BCUT2D eigenvalue weighted by Crippen LogP contribution is -2.13. The van der Waals surface area contributed by atoms with E-state index in [4.69, 9.17) is 14.2 Å². The van der Waals surface area contributed by atoms with Crippen LogP contribution in [0.2, 0.25) is 0 Å². The summed E-state index contributed by atoms with van der Waals surface area (Å²) < 4.78 is 39.0. The van der Waals surface area contributed by atoms with Crippen molar-refractivity contribution in [3.05, 3.63) is 48.5 Å². The standard InChI is InChI=1S/C18H19N5O5S/c1-12-3-5-13(6-4-12)15-16(23-29(24)25)21-11-22-17(15)27-7-8-28-18-19-9-14(26-2)10-20-18/h3-6,9-11H,7-8H2,1-2H3,(H,24,25)(H,21,22,23). The maximum atomic E-state index is 11.2. The van der Waals surface area contributed by atoms with E-state index < -0.39 is 11.3 Å². The normalized spacial score (nSPS) is 11.6. The molecule has 2 N–H and O–H groups in total. The second kappa shape index (κ2) is 9.75. The summed E-state index contributed by atoms with van der Waals surface area (Å²) in [5, 5.41) is 0. The van der Waals surface area contributed by atoms with Gasteiger partial charge in [0.25, 0.3) is 11.3 Å². The van der Waals surface area contributed by atoms with Crippen LogP contribution in [0.1, 0.15) is 5.56 Å². The lowest BCUT2D eigenvalue weighted by molar-refractivity contribution is 0.201. The first kappa shape index (κ1) is 20.4. The predicted octanol–water partition coefficient (Wildman–Crippen LogP) is 2.26. The van der Waals surface area contributed by atoms with Gasteiger partial charge in [0.2, 0.25) is 5.88 Å². The van der Waals surface area contributed by atoms with E-state index in [1.54, 1.807) is 0 Å². The van der Waals surface area contributed by atoms with Gasteiger partial charge < -0.3 is 14.2 Å². The number of methoxy groups -OCH3 is 1. The molecule has 0 spiro atoms. The van der Waals surface area contributed by atoms with Crippen molar-refractivity contribution < 1.29 is 23.0 Å². The number of aromatic nitrogens is 4. The van der Waals surface area contributed by atoms with E-state index in [9.17, 15) is 8.76 Å². The van der Waals surface area contributed by atoms with Crippen molar-refractivity contribution in [3.8, 4) is 28.8 Å². The van der Waals surface area contributed by atoms with Gasteiger partial charge in [-0.15, -0.1) is 0 Å². The molecular weight excluding hydrogens is 398 g/mol. The molecule has 10 nitrogen and oxygen atoms in total. The van der Waals surface area contributed by atoms with Crippen molar-refractivity contribution >= 4 is 17.1 Å². The van der Waals surface area contributed by atoms with Crippen LogP contribution in [0.15, 0.2) is 43.0 Å². The molecule has 0 fully saturated rings. The average Bonchev–Trinajstić information content (AvgIpc) is 2.72. The molecule has 1 atom stereocenters. The molecule has 0 aliphatic carbocycles. The smallest absolute Gasteiger partial charge is 0.316 e. The zero-order chi connectivity index (χ0) is 20.6. The molecule has 0 saturated carbocycles. The molecule has 0 aliphatic rings. The molecule has 11 heteroatoms.